The van der Waals surface area contributed by atoms with Gasteiger partial charge in [-0.1, -0.05) is 0 Å². The molecule has 2 N–H and O–H groups in total. The maximum atomic E-state index is 11.8. The first-order valence-corrected chi connectivity index (χ1v) is 10.8. The third kappa shape index (κ3) is 3.42. The molecule has 0 aliphatic carbocycles. The lowest BCUT2D eigenvalue weighted by Crippen LogP contribution is -2.46. The van der Waals surface area contributed by atoms with Crippen LogP contribution in [0, 0.1) is 17.8 Å². The summed E-state index contributed by atoms with van der Waals surface area (Å²) in [6.45, 7) is 7.19. The van der Waals surface area contributed by atoms with Crippen LogP contribution >= 0.6 is 0 Å². The minimum Gasteiger partial charge on any atom is -0.356 e. The summed E-state index contributed by atoms with van der Waals surface area (Å²) < 4.78 is 0. The van der Waals surface area contributed by atoms with E-state index in [1.54, 1.807) is 0 Å². The van der Waals surface area contributed by atoms with Crippen molar-refractivity contribution in [1.82, 2.24) is 20.6 Å². The molecule has 0 aromatic carbocycles. The molecule has 0 saturated carbocycles. The maximum Gasteiger partial charge on any atom is 0.227 e. The van der Waals surface area contributed by atoms with E-state index in [2.05, 4.69) is 32.3 Å². The Morgan fingerprint density at radius 1 is 0.931 bits per heavy atom. The minimum atomic E-state index is 0.0226. The third-order valence-electron chi connectivity index (χ3n) is 7.23. The first-order chi connectivity index (χ1) is 14.0. The first-order valence-electron chi connectivity index (χ1n) is 10.8. The molecule has 1 aromatic heterocycles. The molecule has 29 heavy (non-hydrogen) atoms. The number of aromatic nitrogens is 2. The molecule has 156 valence electrons. The Bertz CT molecular complexity index is 844. The second kappa shape index (κ2) is 6.85. The lowest BCUT2D eigenvalue weighted by Gasteiger charge is -2.41. The average Bonchev–Trinajstić information content (AvgIpc) is 3.24. The number of amides is 2. The third-order valence-corrected chi connectivity index (χ3v) is 7.23. The predicted molar refractivity (Wildman–Crippen MR) is 110 cm³/mol. The second-order valence-corrected chi connectivity index (χ2v) is 9.63. The Balaban J connectivity index is 1.37. The Hall–Kier alpha value is -2.38. The monoisotopic (exact) mass is 398 g/mol. The predicted octanol–water partition coefficient (Wildman–Crippen LogP) is 0.998. The molecule has 2 amide bonds. The highest BCUT2D eigenvalue weighted by atomic mass is 16.2. The van der Waals surface area contributed by atoms with Gasteiger partial charge in [-0.05, 0) is 32.6 Å². The number of carbonyl (C=O) groups is 2. The number of hydrogen-bond donors (Lipinski definition) is 2. The van der Waals surface area contributed by atoms with Gasteiger partial charge < -0.3 is 20.4 Å². The van der Waals surface area contributed by atoms with Crippen molar-refractivity contribution in [3.8, 4) is 0 Å². The van der Waals surface area contributed by atoms with Crippen LogP contribution in [0.5, 0.6) is 0 Å². The van der Waals surface area contributed by atoms with Crippen LogP contribution in [0.1, 0.15) is 44.1 Å². The number of rotatable bonds is 2. The van der Waals surface area contributed by atoms with E-state index in [9.17, 15) is 9.59 Å². The molecule has 8 heteroatoms. The molecule has 4 saturated heterocycles. The van der Waals surface area contributed by atoms with Crippen molar-refractivity contribution < 1.29 is 9.59 Å². The molecule has 4 aliphatic heterocycles. The largest absolute Gasteiger partial charge is 0.356 e. The SMILES string of the molecule is Cc1cnc(N2CCCC3(CNC(=O)C3)C2)nc1N1CCCC2(CNC(=O)C2)C1. The number of piperidine rings is 2. The van der Waals surface area contributed by atoms with E-state index in [1.807, 2.05) is 6.20 Å². The summed E-state index contributed by atoms with van der Waals surface area (Å²) in [6.07, 6.45) is 7.46. The van der Waals surface area contributed by atoms with Crippen LogP contribution in [0.25, 0.3) is 0 Å². The van der Waals surface area contributed by atoms with E-state index >= 15 is 0 Å². The van der Waals surface area contributed by atoms with Gasteiger partial charge in [0.25, 0.3) is 0 Å². The van der Waals surface area contributed by atoms with E-state index < -0.39 is 0 Å². The maximum absolute atomic E-state index is 11.8. The molecular formula is C21H30N6O2. The van der Waals surface area contributed by atoms with Crippen LogP contribution in [0.15, 0.2) is 6.20 Å². The molecule has 4 aliphatic rings. The van der Waals surface area contributed by atoms with Gasteiger partial charge in [0.15, 0.2) is 0 Å². The van der Waals surface area contributed by atoms with Crippen LogP contribution in [-0.4, -0.2) is 61.1 Å². The molecule has 1 aromatic rings. The second-order valence-electron chi connectivity index (χ2n) is 9.63. The van der Waals surface area contributed by atoms with Gasteiger partial charge in [-0.25, -0.2) is 4.98 Å². The Morgan fingerprint density at radius 3 is 2.10 bits per heavy atom. The van der Waals surface area contributed by atoms with Crippen molar-refractivity contribution in [2.24, 2.45) is 10.8 Å². The molecule has 2 unspecified atom stereocenters. The molecule has 0 radical (unpaired) electrons. The van der Waals surface area contributed by atoms with Crippen molar-refractivity contribution in [3.05, 3.63) is 11.8 Å². The summed E-state index contributed by atoms with van der Waals surface area (Å²) >= 11 is 0. The van der Waals surface area contributed by atoms with Gasteiger partial charge >= 0.3 is 0 Å². The fourth-order valence-corrected chi connectivity index (χ4v) is 5.74. The van der Waals surface area contributed by atoms with Crippen LogP contribution in [0.4, 0.5) is 11.8 Å². The highest BCUT2D eigenvalue weighted by Crippen LogP contribution is 2.39. The molecule has 8 nitrogen and oxygen atoms in total. The van der Waals surface area contributed by atoms with Gasteiger partial charge in [-0.3, -0.25) is 9.59 Å². The smallest absolute Gasteiger partial charge is 0.227 e. The highest BCUT2D eigenvalue weighted by Gasteiger charge is 2.44. The van der Waals surface area contributed by atoms with E-state index in [-0.39, 0.29) is 22.6 Å². The zero-order valence-electron chi connectivity index (χ0n) is 17.2. The summed E-state index contributed by atoms with van der Waals surface area (Å²) in [5, 5.41) is 6.03. The highest BCUT2D eigenvalue weighted by molar-refractivity contribution is 5.80. The van der Waals surface area contributed by atoms with E-state index in [0.717, 1.165) is 82.3 Å². The standard InChI is InChI=1S/C21H30N6O2/c1-15-10-22-19(27-7-3-5-21(14-27)9-17(29)24-12-21)25-18(15)26-6-2-4-20(13-26)8-16(28)23-11-20/h10H,2-9,11-14H2,1H3,(H,23,28)(H,24,29). The summed E-state index contributed by atoms with van der Waals surface area (Å²) in [4.78, 5) is 37.9. The normalized spacial score (nSPS) is 32.2. The number of nitrogens with zero attached hydrogens (tertiary/aromatic N) is 4. The summed E-state index contributed by atoms with van der Waals surface area (Å²) in [5.74, 6) is 2.10. The number of anilines is 2. The number of hydrogen-bond acceptors (Lipinski definition) is 6. The number of aryl methyl sites for hydroxylation is 1. The topological polar surface area (TPSA) is 90.5 Å². The fraction of sp³-hybridized carbons (Fsp3) is 0.714. The van der Waals surface area contributed by atoms with E-state index in [4.69, 9.17) is 4.98 Å². The molecular weight excluding hydrogens is 368 g/mol. The zero-order valence-corrected chi connectivity index (χ0v) is 17.2. The fourth-order valence-electron chi connectivity index (χ4n) is 5.74. The van der Waals surface area contributed by atoms with Gasteiger partial charge in [-0.15, -0.1) is 0 Å². The lowest BCUT2D eigenvalue weighted by atomic mass is 9.79. The van der Waals surface area contributed by atoms with Crippen molar-refractivity contribution in [3.63, 3.8) is 0 Å². The molecule has 5 heterocycles. The minimum absolute atomic E-state index is 0.0226. The summed E-state index contributed by atoms with van der Waals surface area (Å²) in [5.41, 5.74) is 1.14. The van der Waals surface area contributed by atoms with Crippen molar-refractivity contribution >= 4 is 23.6 Å². The van der Waals surface area contributed by atoms with Gasteiger partial charge in [0.05, 0.1) is 0 Å². The number of carbonyl (C=O) groups excluding carboxylic acids is 2. The van der Waals surface area contributed by atoms with E-state index in [1.165, 1.54) is 0 Å². The van der Waals surface area contributed by atoms with Gasteiger partial charge in [0.1, 0.15) is 5.82 Å². The van der Waals surface area contributed by atoms with Crippen molar-refractivity contribution in [1.29, 1.82) is 0 Å². The molecule has 0 bridgehead atoms. The van der Waals surface area contributed by atoms with Gasteiger partial charge in [0.2, 0.25) is 17.8 Å². The van der Waals surface area contributed by atoms with Crippen LogP contribution in [-0.2, 0) is 9.59 Å². The first kappa shape index (κ1) is 18.6. The van der Waals surface area contributed by atoms with E-state index in [0.29, 0.717) is 12.8 Å². The number of nitrogens with one attached hydrogen (secondary N) is 2. The molecule has 4 fully saturated rings. The van der Waals surface area contributed by atoms with Crippen molar-refractivity contribution in [2.45, 2.75) is 45.4 Å². The van der Waals surface area contributed by atoms with Crippen LogP contribution in [0.3, 0.4) is 0 Å². The molecule has 2 spiro atoms. The zero-order chi connectivity index (χ0) is 20.1. The Morgan fingerprint density at radius 2 is 1.52 bits per heavy atom. The van der Waals surface area contributed by atoms with Crippen LogP contribution in [0.2, 0.25) is 0 Å². The lowest BCUT2D eigenvalue weighted by molar-refractivity contribution is -0.120. The molecule has 5 rings (SSSR count). The van der Waals surface area contributed by atoms with Gasteiger partial charge in [-0.2, -0.15) is 4.98 Å². The Kier molecular flexibility index (Phi) is 4.40. The van der Waals surface area contributed by atoms with Crippen molar-refractivity contribution in [2.75, 3.05) is 49.1 Å². The average molecular weight is 399 g/mol. The van der Waals surface area contributed by atoms with Crippen LogP contribution < -0.4 is 20.4 Å². The summed E-state index contributed by atoms with van der Waals surface area (Å²) in [6, 6.07) is 0. The molecule has 2 atom stereocenters. The quantitative estimate of drug-likeness (QED) is 0.772. The Labute approximate surface area is 171 Å². The van der Waals surface area contributed by atoms with Gasteiger partial charge in [0, 0.05) is 74.7 Å². The summed E-state index contributed by atoms with van der Waals surface area (Å²) in [7, 11) is 0.